The number of halogens is 1. The first kappa shape index (κ1) is 19.4. The first-order valence-corrected chi connectivity index (χ1v) is 10.9. The predicted molar refractivity (Wildman–Crippen MR) is 105 cm³/mol. The molecule has 142 valence electrons. The number of ether oxygens (including phenoxy) is 1. The maximum atomic E-state index is 13.1. The minimum Gasteiger partial charge on any atom is -0.447 e. The van der Waals surface area contributed by atoms with Crippen molar-refractivity contribution in [2.24, 2.45) is 17.8 Å². The smallest absolute Gasteiger partial charge is 0.416 e. The number of rotatable bonds is 7. The zero-order valence-corrected chi connectivity index (χ0v) is 17.0. The standard InChI is InChI=1S/C21H28BrNO3/c1-2-3-9-16-11-17(12-18(16)13-22)20(24)23-19(14-26-21(23)25)10-15-7-5-4-6-8-15/h4-8,16-19H,2-3,9-14H2,1H3/t16?,17?,18?,19-/m1/s1. The molecule has 1 aliphatic carbocycles. The van der Waals surface area contributed by atoms with Gasteiger partial charge >= 0.3 is 6.09 Å². The first-order valence-electron chi connectivity index (χ1n) is 9.73. The van der Waals surface area contributed by atoms with Crippen molar-refractivity contribution < 1.29 is 14.3 Å². The van der Waals surface area contributed by atoms with Crippen LogP contribution in [0.4, 0.5) is 4.79 Å². The number of hydrogen-bond donors (Lipinski definition) is 0. The highest BCUT2D eigenvalue weighted by atomic mass is 79.9. The van der Waals surface area contributed by atoms with Crippen molar-refractivity contribution in [1.29, 1.82) is 0 Å². The van der Waals surface area contributed by atoms with Gasteiger partial charge in [0.25, 0.3) is 0 Å². The highest BCUT2D eigenvalue weighted by Gasteiger charge is 2.44. The average Bonchev–Trinajstić information content (AvgIpc) is 3.23. The quantitative estimate of drug-likeness (QED) is 0.593. The second-order valence-electron chi connectivity index (χ2n) is 7.61. The van der Waals surface area contributed by atoms with Crippen LogP contribution in [0.5, 0.6) is 0 Å². The Morgan fingerprint density at radius 1 is 1.23 bits per heavy atom. The molecule has 2 amide bonds. The summed E-state index contributed by atoms with van der Waals surface area (Å²) in [5.74, 6) is 1.03. The molecule has 1 aliphatic heterocycles. The second-order valence-corrected chi connectivity index (χ2v) is 8.26. The molecule has 1 heterocycles. The van der Waals surface area contributed by atoms with Crippen LogP contribution in [0.3, 0.4) is 0 Å². The molecule has 0 radical (unpaired) electrons. The Morgan fingerprint density at radius 2 is 1.96 bits per heavy atom. The average molecular weight is 422 g/mol. The minimum absolute atomic E-state index is 0.0293. The van der Waals surface area contributed by atoms with E-state index in [9.17, 15) is 9.59 Å². The summed E-state index contributed by atoms with van der Waals surface area (Å²) >= 11 is 3.62. The summed E-state index contributed by atoms with van der Waals surface area (Å²) in [6.07, 6.45) is 5.53. The van der Waals surface area contributed by atoms with Crippen LogP contribution < -0.4 is 0 Å². The molecule has 2 aliphatic rings. The largest absolute Gasteiger partial charge is 0.447 e. The fourth-order valence-electron chi connectivity index (χ4n) is 4.39. The third-order valence-corrected chi connectivity index (χ3v) is 6.66. The summed E-state index contributed by atoms with van der Waals surface area (Å²) in [7, 11) is 0. The molecule has 2 fully saturated rings. The van der Waals surface area contributed by atoms with Crippen molar-refractivity contribution in [1.82, 2.24) is 4.90 Å². The third-order valence-electron chi connectivity index (χ3n) is 5.83. The maximum Gasteiger partial charge on any atom is 0.416 e. The second kappa shape index (κ2) is 9.03. The number of unbranched alkanes of at least 4 members (excludes halogenated alkanes) is 1. The molecule has 1 saturated heterocycles. The van der Waals surface area contributed by atoms with Gasteiger partial charge in [0, 0.05) is 11.2 Å². The van der Waals surface area contributed by atoms with Gasteiger partial charge in [-0.05, 0) is 36.7 Å². The van der Waals surface area contributed by atoms with Crippen LogP contribution in [0.1, 0.15) is 44.6 Å². The van der Waals surface area contributed by atoms with Crippen LogP contribution in [0.15, 0.2) is 30.3 Å². The summed E-state index contributed by atoms with van der Waals surface area (Å²) < 4.78 is 5.23. The molecule has 0 bridgehead atoms. The highest BCUT2D eigenvalue weighted by Crippen LogP contribution is 2.41. The van der Waals surface area contributed by atoms with Gasteiger partial charge in [-0.15, -0.1) is 0 Å². The number of imide groups is 1. The lowest BCUT2D eigenvalue weighted by atomic mass is 9.92. The maximum absolute atomic E-state index is 13.1. The summed E-state index contributed by atoms with van der Waals surface area (Å²) in [6.45, 7) is 2.50. The molecule has 0 N–H and O–H groups in total. The van der Waals surface area contributed by atoms with Gasteiger partial charge in [0.1, 0.15) is 6.61 Å². The van der Waals surface area contributed by atoms with Crippen LogP contribution in [-0.2, 0) is 16.0 Å². The van der Waals surface area contributed by atoms with E-state index in [1.807, 2.05) is 30.3 Å². The zero-order valence-electron chi connectivity index (χ0n) is 15.4. The van der Waals surface area contributed by atoms with E-state index < -0.39 is 6.09 Å². The lowest BCUT2D eigenvalue weighted by Gasteiger charge is -2.23. The molecule has 5 heteroatoms. The summed E-state index contributed by atoms with van der Waals surface area (Å²) in [4.78, 5) is 26.8. The monoisotopic (exact) mass is 421 g/mol. The van der Waals surface area contributed by atoms with Crippen LogP contribution in [-0.4, -0.2) is 34.9 Å². The Hall–Kier alpha value is -1.36. The molecule has 0 spiro atoms. The van der Waals surface area contributed by atoms with E-state index in [1.54, 1.807) is 0 Å². The van der Waals surface area contributed by atoms with Crippen molar-refractivity contribution in [3.63, 3.8) is 0 Å². The van der Waals surface area contributed by atoms with E-state index in [0.29, 0.717) is 24.9 Å². The number of carbonyl (C=O) groups is 2. The Balaban J connectivity index is 1.67. The van der Waals surface area contributed by atoms with Crippen molar-refractivity contribution >= 4 is 27.9 Å². The Morgan fingerprint density at radius 3 is 2.65 bits per heavy atom. The van der Waals surface area contributed by atoms with Crippen molar-refractivity contribution in [2.75, 3.05) is 11.9 Å². The normalized spacial score (nSPS) is 28.4. The molecular formula is C21H28BrNO3. The number of alkyl halides is 1. The highest BCUT2D eigenvalue weighted by molar-refractivity contribution is 9.09. The first-order chi connectivity index (χ1) is 12.6. The number of benzene rings is 1. The van der Waals surface area contributed by atoms with Gasteiger partial charge in [0.2, 0.25) is 5.91 Å². The van der Waals surface area contributed by atoms with E-state index >= 15 is 0 Å². The molecule has 1 saturated carbocycles. The molecule has 1 aromatic rings. The molecular weight excluding hydrogens is 394 g/mol. The molecule has 26 heavy (non-hydrogen) atoms. The predicted octanol–water partition coefficient (Wildman–Crippen LogP) is 4.80. The van der Waals surface area contributed by atoms with Crippen molar-refractivity contribution in [2.45, 2.75) is 51.5 Å². The van der Waals surface area contributed by atoms with Gasteiger partial charge in [-0.2, -0.15) is 0 Å². The fraction of sp³-hybridized carbons (Fsp3) is 0.619. The van der Waals surface area contributed by atoms with E-state index in [2.05, 4.69) is 22.9 Å². The van der Waals surface area contributed by atoms with E-state index in [1.165, 1.54) is 24.2 Å². The Kier molecular flexibility index (Phi) is 6.74. The Labute approximate surface area is 164 Å². The van der Waals surface area contributed by atoms with Crippen molar-refractivity contribution in [3.05, 3.63) is 35.9 Å². The summed E-state index contributed by atoms with van der Waals surface area (Å²) in [6, 6.07) is 9.81. The van der Waals surface area contributed by atoms with Crippen molar-refractivity contribution in [3.8, 4) is 0 Å². The lowest BCUT2D eigenvalue weighted by molar-refractivity contribution is -0.133. The zero-order chi connectivity index (χ0) is 18.5. The van der Waals surface area contributed by atoms with Gasteiger partial charge in [0.05, 0.1) is 6.04 Å². The molecule has 4 nitrogen and oxygen atoms in total. The molecule has 0 aromatic heterocycles. The van der Waals surface area contributed by atoms with Crippen LogP contribution in [0, 0.1) is 17.8 Å². The summed E-state index contributed by atoms with van der Waals surface area (Å²) in [5.41, 5.74) is 1.12. The van der Waals surface area contributed by atoms with Gasteiger partial charge in [0.15, 0.2) is 0 Å². The van der Waals surface area contributed by atoms with Crippen LogP contribution in [0.2, 0.25) is 0 Å². The van der Waals surface area contributed by atoms with E-state index in [4.69, 9.17) is 4.74 Å². The molecule has 3 unspecified atom stereocenters. The van der Waals surface area contributed by atoms with E-state index in [0.717, 1.165) is 23.7 Å². The fourth-order valence-corrected chi connectivity index (χ4v) is 5.18. The van der Waals surface area contributed by atoms with Crippen LogP contribution >= 0.6 is 15.9 Å². The molecule has 4 atom stereocenters. The Bertz CT molecular complexity index is 621. The number of amides is 2. The van der Waals surface area contributed by atoms with Gasteiger partial charge in [-0.3, -0.25) is 4.79 Å². The van der Waals surface area contributed by atoms with Gasteiger partial charge in [-0.25, -0.2) is 9.69 Å². The van der Waals surface area contributed by atoms with Gasteiger partial charge < -0.3 is 4.74 Å². The van der Waals surface area contributed by atoms with E-state index in [-0.39, 0.29) is 17.9 Å². The lowest BCUT2D eigenvalue weighted by Crippen LogP contribution is -2.43. The number of hydrogen-bond acceptors (Lipinski definition) is 3. The number of cyclic esters (lactones) is 1. The topological polar surface area (TPSA) is 46.6 Å². The van der Waals surface area contributed by atoms with Gasteiger partial charge in [-0.1, -0.05) is 72.4 Å². The number of carbonyl (C=O) groups excluding carboxylic acids is 2. The SMILES string of the molecule is CCCCC1CC(C(=O)N2C(=O)OC[C@H]2Cc2ccccc2)CC1CBr. The molecule has 3 rings (SSSR count). The summed E-state index contributed by atoms with van der Waals surface area (Å²) in [5, 5.41) is 0.934. The third kappa shape index (κ3) is 4.30. The van der Waals surface area contributed by atoms with Crippen LogP contribution in [0.25, 0.3) is 0 Å². The minimum atomic E-state index is -0.469. The number of nitrogens with zero attached hydrogens (tertiary/aromatic N) is 1. The molecule has 1 aromatic carbocycles.